The summed E-state index contributed by atoms with van der Waals surface area (Å²) in [6.45, 7) is 5.79. The number of aromatic nitrogens is 1. The summed E-state index contributed by atoms with van der Waals surface area (Å²) in [7, 11) is 1.78. The molecule has 0 spiro atoms. The third-order valence-electron chi connectivity index (χ3n) is 8.71. The highest BCUT2D eigenvalue weighted by Crippen LogP contribution is 2.41. The van der Waals surface area contributed by atoms with Gasteiger partial charge in [-0.05, 0) is 73.7 Å². The van der Waals surface area contributed by atoms with Crippen molar-refractivity contribution in [3.8, 4) is 5.75 Å². The van der Waals surface area contributed by atoms with E-state index in [9.17, 15) is 5.41 Å². The second-order valence-electron chi connectivity index (χ2n) is 12.0. The standard InChI is InChI=1S/C40H42N4O2/c1-29(2)46-35-19-20-37(36(28-35)39(41)30-21-24-42-38(27-30)44-25-22-34(45-3)23-26-44)43-40(31-13-7-4-8-14-31,32-15-9-5-10-16-32)33-17-11-6-12-18-33/h4-21,24,27-29,34,41,43H,22-23,25-26H2,1-3H3. The number of nitrogens with one attached hydrogen (secondary N) is 2. The maximum atomic E-state index is 9.62. The normalized spacial score (nSPS) is 13.9. The lowest BCUT2D eigenvalue weighted by Crippen LogP contribution is -2.38. The number of anilines is 2. The van der Waals surface area contributed by atoms with Crippen molar-refractivity contribution < 1.29 is 9.47 Å². The Hall–Kier alpha value is -4.94. The minimum absolute atomic E-state index is 0.000413. The van der Waals surface area contributed by atoms with E-state index in [0.717, 1.165) is 71.0 Å². The summed E-state index contributed by atoms with van der Waals surface area (Å²) in [5.74, 6) is 1.61. The molecule has 1 fully saturated rings. The molecule has 6 rings (SSSR count). The van der Waals surface area contributed by atoms with Crippen molar-refractivity contribution in [2.45, 2.75) is 44.4 Å². The SMILES string of the molecule is COC1CCN(c2cc(C(=N)c3cc(OC(C)C)ccc3NC(c3ccccc3)(c3ccccc3)c3ccccc3)ccn2)CC1. The lowest BCUT2D eigenvalue weighted by molar-refractivity contribution is 0.0818. The third-order valence-corrected chi connectivity index (χ3v) is 8.71. The van der Waals surface area contributed by atoms with Crippen LogP contribution in [0.3, 0.4) is 0 Å². The van der Waals surface area contributed by atoms with Crippen molar-refractivity contribution in [2.75, 3.05) is 30.4 Å². The second-order valence-corrected chi connectivity index (χ2v) is 12.0. The van der Waals surface area contributed by atoms with Gasteiger partial charge >= 0.3 is 0 Å². The molecule has 4 aromatic carbocycles. The number of rotatable bonds is 11. The second kappa shape index (κ2) is 14.0. The molecular formula is C40H42N4O2. The molecule has 1 saturated heterocycles. The Balaban J connectivity index is 1.47. The molecule has 0 radical (unpaired) electrons. The van der Waals surface area contributed by atoms with E-state index in [1.165, 1.54) is 0 Å². The van der Waals surface area contributed by atoms with E-state index in [2.05, 4.69) is 83.0 Å². The van der Waals surface area contributed by atoms with Crippen LogP contribution in [0.25, 0.3) is 0 Å². The van der Waals surface area contributed by atoms with Crippen molar-refractivity contribution in [1.82, 2.24) is 4.98 Å². The zero-order valence-corrected chi connectivity index (χ0v) is 26.8. The van der Waals surface area contributed by atoms with Crippen LogP contribution in [0.2, 0.25) is 0 Å². The molecule has 0 atom stereocenters. The van der Waals surface area contributed by atoms with Gasteiger partial charge in [0.05, 0.1) is 17.9 Å². The highest BCUT2D eigenvalue weighted by molar-refractivity contribution is 6.14. The topological polar surface area (TPSA) is 70.5 Å². The molecule has 46 heavy (non-hydrogen) atoms. The number of hydrogen-bond donors (Lipinski definition) is 2. The highest BCUT2D eigenvalue weighted by atomic mass is 16.5. The number of nitrogens with zero attached hydrogens (tertiary/aromatic N) is 2. The summed E-state index contributed by atoms with van der Waals surface area (Å²) in [5, 5.41) is 13.6. The first-order chi connectivity index (χ1) is 22.5. The van der Waals surface area contributed by atoms with Gasteiger partial charge in [-0.3, -0.25) is 5.41 Å². The van der Waals surface area contributed by atoms with Gasteiger partial charge in [0.2, 0.25) is 0 Å². The molecule has 5 aromatic rings. The van der Waals surface area contributed by atoms with Crippen LogP contribution in [-0.4, -0.2) is 43.1 Å². The molecule has 0 saturated carbocycles. The van der Waals surface area contributed by atoms with E-state index in [4.69, 9.17) is 14.5 Å². The first-order valence-corrected chi connectivity index (χ1v) is 16.1. The summed E-state index contributed by atoms with van der Waals surface area (Å²) in [4.78, 5) is 6.98. The van der Waals surface area contributed by atoms with Crippen molar-refractivity contribution in [2.24, 2.45) is 0 Å². The van der Waals surface area contributed by atoms with Crippen molar-refractivity contribution in [1.29, 1.82) is 5.41 Å². The highest BCUT2D eigenvalue weighted by Gasteiger charge is 2.37. The van der Waals surface area contributed by atoms with Crippen molar-refractivity contribution in [3.63, 3.8) is 0 Å². The molecular weight excluding hydrogens is 568 g/mol. The summed E-state index contributed by atoms with van der Waals surface area (Å²) >= 11 is 0. The fourth-order valence-electron chi connectivity index (χ4n) is 6.39. The fourth-order valence-corrected chi connectivity index (χ4v) is 6.39. The summed E-state index contributed by atoms with van der Waals surface area (Å²) in [6, 6.07) is 41.6. The van der Waals surface area contributed by atoms with E-state index < -0.39 is 5.54 Å². The van der Waals surface area contributed by atoms with Gasteiger partial charge < -0.3 is 19.7 Å². The lowest BCUT2D eigenvalue weighted by Gasteiger charge is -2.38. The van der Waals surface area contributed by atoms with E-state index in [1.807, 2.05) is 68.6 Å². The van der Waals surface area contributed by atoms with Crippen LogP contribution >= 0.6 is 0 Å². The molecule has 1 aliphatic heterocycles. The van der Waals surface area contributed by atoms with Gasteiger partial charge in [0.15, 0.2) is 0 Å². The molecule has 0 unspecified atom stereocenters. The van der Waals surface area contributed by atoms with Crippen LogP contribution in [0.4, 0.5) is 11.5 Å². The minimum atomic E-state index is -0.742. The fraction of sp³-hybridized carbons (Fsp3) is 0.250. The third kappa shape index (κ3) is 6.53. The van der Waals surface area contributed by atoms with E-state index in [-0.39, 0.29) is 12.2 Å². The Morgan fingerprint density at radius 2 is 1.37 bits per heavy atom. The zero-order valence-electron chi connectivity index (χ0n) is 26.8. The molecule has 1 aromatic heterocycles. The number of hydrogen-bond acceptors (Lipinski definition) is 6. The Bertz CT molecular complexity index is 1640. The van der Waals surface area contributed by atoms with Crippen molar-refractivity contribution in [3.05, 3.63) is 155 Å². The largest absolute Gasteiger partial charge is 0.491 e. The summed E-state index contributed by atoms with van der Waals surface area (Å²) in [6.07, 6.45) is 4.02. The molecule has 0 aliphatic carbocycles. The minimum Gasteiger partial charge on any atom is -0.491 e. The molecule has 2 heterocycles. The molecule has 6 nitrogen and oxygen atoms in total. The quantitative estimate of drug-likeness (QED) is 0.116. The van der Waals surface area contributed by atoms with Gasteiger partial charge in [0.1, 0.15) is 17.1 Å². The monoisotopic (exact) mass is 610 g/mol. The molecule has 234 valence electrons. The van der Waals surface area contributed by atoms with Gasteiger partial charge in [-0.15, -0.1) is 0 Å². The van der Waals surface area contributed by atoms with E-state index in [0.29, 0.717) is 5.71 Å². The predicted molar refractivity (Wildman–Crippen MR) is 187 cm³/mol. The van der Waals surface area contributed by atoms with E-state index in [1.54, 1.807) is 7.11 Å². The van der Waals surface area contributed by atoms with Gasteiger partial charge in [-0.2, -0.15) is 0 Å². The number of ether oxygens (including phenoxy) is 2. The number of pyridine rings is 1. The maximum absolute atomic E-state index is 9.62. The number of methoxy groups -OCH3 is 1. The number of piperidine rings is 1. The molecule has 1 aliphatic rings. The van der Waals surface area contributed by atoms with Crippen LogP contribution in [-0.2, 0) is 10.3 Å². The smallest absolute Gasteiger partial charge is 0.129 e. The Labute approximate surface area is 272 Å². The van der Waals surface area contributed by atoms with Gasteiger partial charge in [0, 0.05) is 43.2 Å². The lowest BCUT2D eigenvalue weighted by atomic mass is 9.76. The average molecular weight is 611 g/mol. The van der Waals surface area contributed by atoms with Crippen LogP contribution in [0.1, 0.15) is 54.5 Å². The summed E-state index contributed by atoms with van der Waals surface area (Å²) < 4.78 is 11.7. The first kappa shape index (κ1) is 31.1. The predicted octanol–water partition coefficient (Wildman–Crippen LogP) is 8.30. The summed E-state index contributed by atoms with van der Waals surface area (Å²) in [5.41, 5.74) is 5.32. The first-order valence-electron chi connectivity index (χ1n) is 16.1. The molecule has 6 heteroatoms. The van der Waals surface area contributed by atoms with Crippen LogP contribution < -0.4 is 15.0 Å². The van der Waals surface area contributed by atoms with E-state index >= 15 is 0 Å². The van der Waals surface area contributed by atoms with Crippen LogP contribution in [0, 0.1) is 5.41 Å². The number of benzene rings is 4. The van der Waals surface area contributed by atoms with Crippen LogP contribution in [0.5, 0.6) is 5.75 Å². The Kier molecular flexibility index (Phi) is 9.46. The molecule has 0 bridgehead atoms. The maximum Gasteiger partial charge on any atom is 0.129 e. The van der Waals surface area contributed by atoms with Gasteiger partial charge in [-0.1, -0.05) is 91.0 Å². The Morgan fingerprint density at radius 1 is 0.804 bits per heavy atom. The van der Waals surface area contributed by atoms with Gasteiger partial charge in [-0.25, -0.2) is 4.98 Å². The zero-order chi connectivity index (χ0) is 31.9. The average Bonchev–Trinajstić information content (AvgIpc) is 3.12. The van der Waals surface area contributed by atoms with Crippen LogP contribution in [0.15, 0.2) is 128 Å². The Morgan fingerprint density at radius 3 is 1.89 bits per heavy atom. The van der Waals surface area contributed by atoms with Crippen molar-refractivity contribution >= 4 is 17.2 Å². The van der Waals surface area contributed by atoms with Gasteiger partial charge in [0.25, 0.3) is 0 Å². The molecule has 2 N–H and O–H groups in total. The molecule has 0 amide bonds.